The fourth-order valence-corrected chi connectivity index (χ4v) is 2.72. The zero-order chi connectivity index (χ0) is 18.9. The summed E-state index contributed by atoms with van der Waals surface area (Å²) >= 11 is 6.91. The molecule has 0 aliphatic heterocycles. The van der Waals surface area contributed by atoms with E-state index < -0.39 is 0 Å². The van der Waals surface area contributed by atoms with Gasteiger partial charge in [0.05, 0.1) is 6.10 Å². The zero-order valence-electron chi connectivity index (χ0n) is 15.2. The molecule has 26 heavy (non-hydrogen) atoms. The van der Waals surface area contributed by atoms with Crippen LogP contribution in [0.5, 0.6) is 5.75 Å². The monoisotopic (exact) mass is 388 g/mol. The molecule has 0 radical (unpaired) electrons. The third-order valence-electron chi connectivity index (χ3n) is 3.87. The number of hydrogen-bond donors (Lipinski definition) is 2. The van der Waals surface area contributed by atoms with Gasteiger partial charge in [-0.3, -0.25) is 10.1 Å². The summed E-state index contributed by atoms with van der Waals surface area (Å²) in [5.74, 6) is 0.514. The first-order chi connectivity index (χ1) is 12.5. The standard InChI is InChI=1S/C20H24N2O2S2/c1-4-14(2)24-17-9-7-16(8-10-17)19(23)22-20(25)21-13-15-5-11-18(26-3)12-6-15/h5-12,14H,4,13H2,1-3H3,(H2,21,22,23,25). The van der Waals surface area contributed by atoms with Crippen molar-refractivity contribution >= 4 is 35.0 Å². The first-order valence-corrected chi connectivity index (χ1v) is 10.1. The Balaban J connectivity index is 1.83. The van der Waals surface area contributed by atoms with E-state index in [0.717, 1.165) is 17.7 Å². The van der Waals surface area contributed by atoms with E-state index in [1.807, 2.05) is 25.3 Å². The summed E-state index contributed by atoms with van der Waals surface area (Å²) in [7, 11) is 0. The Kier molecular flexibility index (Phi) is 7.94. The van der Waals surface area contributed by atoms with E-state index in [0.29, 0.717) is 17.2 Å². The average Bonchev–Trinajstić information content (AvgIpc) is 2.67. The molecule has 1 amide bonds. The van der Waals surface area contributed by atoms with Crippen molar-refractivity contribution in [2.45, 2.75) is 37.8 Å². The van der Waals surface area contributed by atoms with E-state index in [9.17, 15) is 4.79 Å². The number of thiocarbonyl (C=S) groups is 1. The van der Waals surface area contributed by atoms with Gasteiger partial charge in [0.15, 0.2) is 5.11 Å². The Morgan fingerprint density at radius 3 is 2.38 bits per heavy atom. The van der Waals surface area contributed by atoms with Gasteiger partial charge in [0.2, 0.25) is 0 Å². The number of carbonyl (C=O) groups is 1. The molecule has 2 N–H and O–H groups in total. The summed E-state index contributed by atoms with van der Waals surface area (Å²) in [6, 6.07) is 15.3. The van der Waals surface area contributed by atoms with Crippen LogP contribution in [0.2, 0.25) is 0 Å². The Morgan fingerprint density at radius 2 is 1.81 bits per heavy atom. The average molecular weight is 389 g/mol. The molecule has 0 aromatic heterocycles. The molecule has 2 aromatic carbocycles. The summed E-state index contributed by atoms with van der Waals surface area (Å²) in [6.07, 6.45) is 3.12. The molecular weight excluding hydrogens is 364 g/mol. The van der Waals surface area contributed by atoms with E-state index in [2.05, 4.69) is 29.7 Å². The van der Waals surface area contributed by atoms with Crippen molar-refractivity contribution in [1.29, 1.82) is 0 Å². The topological polar surface area (TPSA) is 50.4 Å². The molecule has 0 fully saturated rings. The van der Waals surface area contributed by atoms with Crippen LogP contribution in [-0.4, -0.2) is 23.4 Å². The van der Waals surface area contributed by atoms with Gasteiger partial charge in [-0.15, -0.1) is 11.8 Å². The second kappa shape index (κ2) is 10.2. The molecule has 0 aliphatic carbocycles. The molecule has 1 atom stereocenters. The molecule has 1 unspecified atom stereocenters. The molecule has 138 valence electrons. The van der Waals surface area contributed by atoms with Gasteiger partial charge in [0, 0.05) is 17.0 Å². The summed E-state index contributed by atoms with van der Waals surface area (Å²) in [4.78, 5) is 13.5. The van der Waals surface area contributed by atoms with E-state index in [-0.39, 0.29) is 12.0 Å². The number of ether oxygens (including phenoxy) is 1. The lowest BCUT2D eigenvalue weighted by Gasteiger charge is -2.13. The Hall–Kier alpha value is -2.05. The van der Waals surface area contributed by atoms with E-state index in [1.165, 1.54) is 4.90 Å². The third-order valence-corrected chi connectivity index (χ3v) is 4.86. The van der Waals surface area contributed by atoms with Gasteiger partial charge in [-0.25, -0.2) is 0 Å². The fourth-order valence-electron chi connectivity index (χ4n) is 2.15. The summed E-state index contributed by atoms with van der Waals surface area (Å²) < 4.78 is 5.71. The van der Waals surface area contributed by atoms with Crippen LogP contribution >= 0.6 is 24.0 Å². The lowest BCUT2D eigenvalue weighted by atomic mass is 10.2. The lowest BCUT2D eigenvalue weighted by Crippen LogP contribution is -2.38. The molecule has 6 heteroatoms. The minimum Gasteiger partial charge on any atom is -0.491 e. The summed E-state index contributed by atoms with van der Waals surface area (Å²) in [6.45, 7) is 4.65. The SMILES string of the molecule is CCC(C)Oc1ccc(C(=O)NC(=S)NCc2ccc(SC)cc2)cc1. The fraction of sp³-hybridized carbons (Fsp3) is 0.300. The number of benzene rings is 2. The predicted molar refractivity (Wildman–Crippen MR) is 112 cm³/mol. The highest BCUT2D eigenvalue weighted by molar-refractivity contribution is 7.98. The largest absolute Gasteiger partial charge is 0.491 e. The highest BCUT2D eigenvalue weighted by atomic mass is 32.2. The molecule has 0 saturated carbocycles. The third kappa shape index (κ3) is 6.35. The van der Waals surface area contributed by atoms with Gasteiger partial charge in [-0.1, -0.05) is 19.1 Å². The molecule has 2 rings (SSSR count). The maximum absolute atomic E-state index is 12.3. The number of carbonyl (C=O) groups excluding carboxylic acids is 1. The van der Waals surface area contributed by atoms with Crippen molar-refractivity contribution in [3.8, 4) is 5.75 Å². The molecule has 0 heterocycles. The van der Waals surface area contributed by atoms with Crippen molar-refractivity contribution in [3.05, 3.63) is 59.7 Å². The second-order valence-electron chi connectivity index (χ2n) is 5.85. The Morgan fingerprint density at radius 1 is 1.15 bits per heavy atom. The number of amides is 1. The number of hydrogen-bond acceptors (Lipinski definition) is 4. The quantitative estimate of drug-likeness (QED) is 0.544. The molecule has 0 aliphatic rings. The predicted octanol–water partition coefficient (Wildman–Crippen LogP) is 4.39. The summed E-state index contributed by atoms with van der Waals surface area (Å²) in [5, 5.41) is 6.06. The maximum atomic E-state index is 12.3. The molecule has 2 aromatic rings. The van der Waals surface area contributed by atoms with Gasteiger partial charge in [-0.05, 0) is 73.8 Å². The normalized spacial score (nSPS) is 11.5. The van der Waals surface area contributed by atoms with Crippen LogP contribution in [0.1, 0.15) is 36.2 Å². The first kappa shape index (κ1) is 20.3. The van der Waals surface area contributed by atoms with Crippen LogP contribution in [-0.2, 0) is 6.54 Å². The Labute approximate surface area is 164 Å². The Bertz CT molecular complexity index is 730. The van der Waals surface area contributed by atoms with E-state index >= 15 is 0 Å². The van der Waals surface area contributed by atoms with Crippen LogP contribution < -0.4 is 15.4 Å². The zero-order valence-corrected chi connectivity index (χ0v) is 16.9. The summed E-state index contributed by atoms with van der Waals surface area (Å²) in [5.41, 5.74) is 1.64. The highest BCUT2D eigenvalue weighted by Crippen LogP contribution is 2.15. The second-order valence-corrected chi connectivity index (χ2v) is 7.13. The van der Waals surface area contributed by atoms with Gasteiger partial charge in [0.1, 0.15) is 5.75 Å². The molecular formula is C20H24N2O2S2. The van der Waals surface area contributed by atoms with Crippen molar-refractivity contribution in [1.82, 2.24) is 10.6 Å². The van der Waals surface area contributed by atoms with Crippen LogP contribution in [0, 0.1) is 0 Å². The van der Waals surface area contributed by atoms with Crippen molar-refractivity contribution in [2.75, 3.05) is 6.26 Å². The minimum atomic E-state index is -0.240. The molecule has 0 saturated heterocycles. The van der Waals surface area contributed by atoms with Crippen molar-refractivity contribution in [3.63, 3.8) is 0 Å². The maximum Gasteiger partial charge on any atom is 0.257 e. The van der Waals surface area contributed by atoms with Gasteiger partial charge in [-0.2, -0.15) is 0 Å². The smallest absolute Gasteiger partial charge is 0.257 e. The van der Waals surface area contributed by atoms with Crippen LogP contribution in [0.3, 0.4) is 0 Å². The number of rotatable bonds is 7. The molecule has 0 bridgehead atoms. The minimum absolute atomic E-state index is 0.149. The highest BCUT2D eigenvalue weighted by Gasteiger charge is 2.09. The van der Waals surface area contributed by atoms with Crippen LogP contribution in [0.4, 0.5) is 0 Å². The molecule has 0 spiro atoms. The van der Waals surface area contributed by atoms with Crippen molar-refractivity contribution < 1.29 is 9.53 Å². The first-order valence-electron chi connectivity index (χ1n) is 8.50. The van der Waals surface area contributed by atoms with Crippen LogP contribution in [0.25, 0.3) is 0 Å². The van der Waals surface area contributed by atoms with Gasteiger partial charge < -0.3 is 10.1 Å². The van der Waals surface area contributed by atoms with E-state index in [1.54, 1.807) is 36.0 Å². The van der Waals surface area contributed by atoms with Gasteiger partial charge in [0.25, 0.3) is 5.91 Å². The number of nitrogens with one attached hydrogen (secondary N) is 2. The number of thioether (sulfide) groups is 1. The van der Waals surface area contributed by atoms with E-state index in [4.69, 9.17) is 17.0 Å². The molecule has 4 nitrogen and oxygen atoms in total. The van der Waals surface area contributed by atoms with Crippen molar-refractivity contribution in [2.24, 2.45) is 0 Å². The van der Waals surface area contributed by atoms with Gasteiger partial charge >= 0.3 is 0 Å². The lowest BCUT2D eigenvalue weighted by molar-refractivity contribution is 0.0976. The van der Waals surface area contributed by atoms with Crippen LogP contribution in [0.15, 0.2) is 53.4 Å².